The molecule has 24 heavy (non-hydrogen) atoms. The van der Waals surface area contributed by atoms with E-state index in [1.807, 2.05) is 0 Å². The lowest BCUT2D eigenvalue weighted by Gasteiger charge is -2.35. The van der Waals surface area contributed by atoms with Gasteiger partial charge in [-0.3, -0.25) is 19.9 Å². The van der Waals surface area contributed by atoms with Crippen molar-refractivity contribution in [2.75, 3.05) is 32.7 Å². The molecule has 0 bridgehead atoms. The fraction of sp³-hybridized carbons (Fsp3) is 0.412. The molecule has 0 aliphatic carbocycles. The number of benzene rings is 1. The van der Waals surface area contributed by atoms with Gasteiger partial charge in [-0.15, -0.1) is 11.3 Å². The fourth-order valence-electron chi connectivity index (χ4n) is 2.95. The van der Waals surface area contributed by atoms with Gasteiger partial charge < -0.3 is 5.11 Å². The molecule has 128 valence electrons. The molecule has 2 aromatic rings. The lowest BCUT2D eigenvalue weighted by molar-refractivity contribution is -0.385. The molecule has 1 aliphatic rings. The van der Waals surface area contributed by atoms with Gasteiger partial charge in [0.15, 0.2) is 0 Å². The van der Waals surface area contributed by atoms with Gasteiger partial charge in [-0.05, 0) is 17.0 Å². The second kappa shape index (κ2) is 7.85. The van der Waals surface area contributed by atoms with Gasteiger partial charge in [0.25, 0.3) is 5.69 Å². The minimum absolute atomic E-state index is 0.0207. The van der Waals surface area contributed by atoms with Crippen molar-refractivity contribution in [2.24, 2.45) is 0 Å². The van der Waals surface area contributed by atoms with Gasteiger partial charge in [0, 0.05) is 56.3 Å². The third-order valence-corrected chi connectivity index (χ3v) is 5.18. The molecule has 1 fully saturated rings. The number of hydrogen-bond acceptors (Lipinski definition) is 6. The van der Waals surface area contributed by atoms with E-state index in [4.69, 9.17) is 0 Å². The molecule has 0 amide bonds. The van der Waals surface area contributed by atoms with Crippen LogP contribution in [0.5, 0.6) is 0 Å². The van der Waals surface area contributed by atoms with Gasteiger partial charge in [-0.25, -0.2) is 0 Å². The summed E-state index contributed by atoms with van der Waals surface area (Å²) in [4.78, 5) is 16.4. The first-order chi connectivity index (χ1) is 11.6. The second-order valence-electron chi connectivity index (χ2n) is 6.02. The average molecular weight is 347 g/mol. The number of rotatable bonds is 6. The highest BCUT2D eigenvalue weighted by molar-refractivity contribution is 7.09. The van der Waals surface area contributed by atoms with Crippen LogP contribution < -0.4 is 0 Å². The molecular formula is C17H21N3O3S. The van der Waals surface area contributed by atoms with Crippen LogP contribution in [0.4, 0.5) is 5.69 Å². The number of nitro groups is 1. The van der Waals surface area contributed by atoms with E-state index in [9.17, 15) is 15.2 Å². The molecule has 1 saturated heterocycles. The maximum atomic E-state index is 10.8. The van der Waals surface area contributed by atoms with Crippen LogP contribution in [0.2, 0.25) is 0 Å². The highest BCUT2D eigenvalue weighted by Gasteiger charge is 2.21. The zero-order chi connectivity index (χ0) is 16.9. The second-order valence-corrected chi connectivity index (χ2v) is 7.06. The Kier molecular flexibility index (Phi) is 5.57. The Hall–Kier alpha value is -1.80. The number of thiophene rings is 1. The molecule has 0 spiro atoms. The summed E-state index contributed by atoms with van der Waals surface area (Å²) in [6.45, 7) is 5.24. The third kappa shape index (κ3) is 4.39. The molecule has 1 atom stereocenters. The largest absolute Gasteiger partial charge is 0.387 e. The Morgan fingerprint density at radius 3 is 2.58 bits per heavy atom. The number of nitrogens with zero attached hydrogens (tertiary/aromatic N) is 3. The first-order valence-electron chi connectivity index (χ1n) is 8.01. The topological polar surface area (TPSA) is 69.8 Å². The van der Waals surface area contributed by atoms with Crippen LogP contribution in [-0.2, 0) is 6.54 Å². The molecule has 6 nitrogen and oxygen atoms in total. The van der Waals surface area contributed by atoms with E-state index in [-0.39, 0.29) is 5.69 Å². The van der Waals surface area contributed by atoms with Crippen molar-refractivity contribution in [1.82, 2.24) is 9.80 Å². The minimum Gasteiger partial charge on any atom is -0.387 e. The quantitative estimate of drug-likeness (QED) is 0.642. The lowest BCUT2D eigenvalue weighted by atomic mass is 10.1. The summed E-state index contributed by atoms with van der Waals surface area (Å²) in [6.07, 6.45) is -0.700. The van der Waals surface area contributed by atoms with Crippen LogP contribution in [0.25, 0.3) is 0 Å². The molecule has 2 heterocycles. The van der Waals surface area contributed by atoms with Crippen LogP contribution in [0.1, 0.15) is 16.5 Å². The molecule has 0 radical (unpaired) electrons. The van der Waals surface area contributed by atoms with Gasteiger partial charge in [0.1, 0.15) is 0 Å². The van der Waals surface area contributed by atoms with Crippen molar-refractivity contribution < 1.29 is 10.0 Å². The van der Waals surface area contributed by atoms with Crippen molar-refractivity contribution in [3.63, 3.8) is 0 Å². The summed E-state index contributed by atoms with van der Waals surface area (Å²) in [5.74, 6) is 0. The summed E-state index contributed by atoms with van der Waals surface area (Å²) in [6, 6.07) is 10.5. The molecule has 1 aliphatic heterocycles. The summed E-state index contributed by atoms with van der Waals surface area (Å²) >= 11 is 1.78. The summed E-state index contributed by atoms with van der Waals surface area (Å²) in [5.41, 5.74) is 0.623. The van der Waals surface area contributed by atoms with Gasteiger partial charge in [-0.2, -0.15) is 0 Å². The molecular weight excluding hydrogens is 326 g/mol. The minimum atomic E-state index is -0.700. The van der Waals surface area contributed by atoms with Crippen molar-refractivity contribution in [1.29, 1.82) is 0 Å². The molecule has 3 rings (SSSR count). The number of piperazine rings is 1. The summed E-state index contributed by atoms with van der Waals surface area (Å²) in [7, 11) is 0. The Labute approximate surface area is 145 Å². The standard InChI is InChI=1S/C17H21N3O3S/c21-17(14-3-1-4-15(11-14)20(22)23)13-19-8-6-18(7-9-19)12-16-5-2-10-24-16/h1-5,10-11,17,21H,6-9,12-13H2/t17-/m1/s1. The van der Waals surface area contributed by atoms with Crippen LogP contribution in [-0.4, -0.2) is 52.6 Å². The molecule has 0 saturated carbocycles. The van der Waals surface area contributed by atoms with E-state index in [0.29, 0.717) is 12.1 Å². The molecule has 0 unspecified atom stereocenters. The number of aliphatic hydroxyl groups excluding tert-OH is 1. The SMILES string of the molecule is O=[N+]([O-])c1cccc([C@H](O)CN2CCN(Cc3cccs3)CC2)c1. The predicted octanol–water partition coefficient (Wildman–Crippen LogP) is 2.51. The van der Waals surface area contributed by atoms with Crippen molar-refractivity contribution in [2.45, 2.75) is 12.6 Å². The van der Waals surface area contributed by atoms with Crippen LogP contribution in [0.3, 0.4) is 0 Å². The molecule has 1 N–H and O–H groups in total. The van der Waals surface area contributed by atoms with E-state index < -0.39 is 11.0 Å². The lowest BCUT2D eigenvalue weighted by Crippen LogP contribution is -2.46. The van der Waals surface area contributed by atoms with Gasteiger partial charge in [0.2, 0.25) is 0 Å². The van der Waals surface area contributed by atoms with Crippen LogP contribution >= 0.6 is 11.3 Å². The van der Waals surface area contributed by atoms with E-state index in [1.54, 1.807) is 23.5 Å². The smallest absolute Gasteiger partial charge is 0.269 e. The number of non-ortho nitro benzene ring substituents is 1. The van der Waals surface area contributed by atoms with E-state index >= 15 is 0 Å². The maximum absolute atomic E-state index is 10.8. The van der Waals surface area contributed by atoms with Crippen molar-refractivity contribution in [3.05, 3.63) is 62.3 Å². The first-order valence-corrected chi connectivity index (χ1v) is 8.89. The van der Waals surface area contributed by atoms with E-state index in [2.05, 4.69) is 27.3 Å². The zero-order valence-electron chi connectivity index (χ0n) is 13.4. The predicted molar refractivity (Wildman–Crippen MR) is 94.1 cm³/mol. The molecule has 1 aromatic heterocycles. The Morgan fingerprint density at radius 1 is 1.17 bits per heavy atom. The van der Waals surface area contributed by atoms with Crippen molar-refractivity contribution in [3.8, 4) is 0 Å². The highest BCUT2D eigenvalue weighted by Crippen LogP contribution is 2.21. The summed E-state index contributed by atoms with van der Waals surface area (Å²) < 4.78 is 0. The van der Waals surface area contributed by atoms with Gasteiger partial charge >= 0.3 is 0 Å². The Morgan fingerprint density at radius 2 is 1.92 bits per heavy atom. The van der Waals surface area contributed by atoms with Gasteiger partial charge in [0.05, 0.1) is 11.0 Å². The van der Waals surface area contributed by atoms with E-state index in [1.165, 1.54) is 17.0 Å². The number of β-amino-alcohol motifs (C(OH)–C–C–N with tert-alkyl or cyclic N) is 1. The fourth-order valence-corrected chi connectivity index (χ4v) is 3.69. The maximum Gasteiger partial charge on any atom is 0.269 e. The van der Waals surface area contributed by atoms with E-state index in [0.717, 1.165) is 32.7 Å². The first kappa shape index (κ1) is 17.0. The Balaban J connectivity index is 1.50. The average Bonchev–Trinajstić information content (AvgIpc) is 3.10. The number of nitro benzene ring substituents is 1. The Bertz CT molecular complexity index is 669. The van der Waals surface area contributed by atoms with Gasteiger partial charge in [-0.1, -0.05) is 18.2 Å². The molecule has 7 heteroatoms. The normalized spacial score (nSPS) is 17.7. The zero-order valence-corrected chi connectivity index (χ0v) is 14.2. The third-order valence-electron chi connectivity index (χ3n) is 4.32. The number of hydrogen-bond donors (Lipinski definition) is 1. The van der Waals surface area contributed by atoms with Crippen LogP contribution in [0, 0.1) is 10.1 Å². The monoisotopic (exact) mass is 347 g/mol. The van der Waals surface area contributed by atoms with Crippen molar-refractivity contribution >= 4 is 17.0 Å². The highest BCUT2D eigenvalue weighted by atomic mass is 32.1. The number of aliphatic hydroxyl groups is 1. The summed E-state index contributed by atoms with van der Waals surface area (Å²) in [5, 5.41) is 23.3. The molecule has 1 aromatic carbocycles. The van der Waals surface area contributed by atoms with Crippen LogP contribution in [0.15, 0.2) is 41.8 Å².